The molecular formula is C67H67N4OPt-3. The minimum absolute atomic E-state index is 0. The minimum atomic E-state index is -0.233. The van der Waals surface area contributed by atoms with Crippen molar-refractivity contribution >= 4 is 44.6 Å². The first-order valence-corrected chi connectivity index (χ1v) is 25.6. The van der Waals surface area contributed by atoms with Gasteiger partial charge in [-0.05, 0) is 114 Å². The first-order chi connectivity index (χ1) is 34.0. The summed E-state index contributed by atoms with van der Waals surface area (Å²) in [6.45, 7) is 34.5. The summed E-state index contributed by atoms with van der Waals surface area (Å²) in [6.07, 6.45) is 1.93. The number of rotatable bonds is 7. The number of ether oxygens (including phenoxy) is 1. The summed E-state index contributed by atoms with van der Waals surface area (Å²) < 4.78 is 9.22. The molecule has 0 bridgehead atoms. The van der Waals surface area contributed by atoms with Gasteiger partial charge in [0.15, 0.2) is 0 Å². The van der Waals surface area contributed by atoms with Gasteiger partial charge in [0.2, 0.25) is 0 Å². The number of para-hydroxylation sites is 2. The van der Waals surface area contributed by atoms with Crippen molar-refractivity contribution in [3.8, 4) is 39.6 Å². The molecule has 9 aromatic rings. The molecule has 73 heavy (non-hydrogen) atoms. The number of aromatic nitrogens is 2. The van der Waals surface area contributed by atoms with Crippen LogP contribution in [0.4, 0.5) is 22.7 Å². The summed E-state index contributed by atoms with van der Waals surface area (Å²) in [4.78, 5) is 9.63. The van der Waals surface area contributed by atoms with Gasteiger partial charge in [-0.3, -0.25) is 0 Å². The average molecular weight is 1140 g/mol. The molecule has 0 saturated carbocycles. The van der Waals surface area contributed by atoms with Crippen molar-refractivity contribution in [2.75, 3.05) is 9.80 Å². The van der Waals surface area contributed by atoms with Crippen LogP contribution in [-0.4, -0.2) is 9.55 Å². The summed E-state index contributed by atoms with van der Waals surface area (Å²) in [5.74, 6) is 2.13. The molecule has 0 unspecified atom stereocenters. The van der Waals surface area contributed by atoms with Crippen molar-refractivity contribution in [1.82, 2.24) is 9.55 Å². The SMILES string of the molecule is CC(C)(C)c1cc(-c2cc(C(C)(C)C)cc(-c3ccccc3)c2N2[CH-]N(c3[c-]c(Oc4[c-]c5c6c(c4)C(C)(C)c4cccc(c46)n5-c4cc(C(C)(C)C)ccn4)ccc3)c3ccccc32)cc(C(C)(C)C)c1.[Pt]. The number of nitrogens with zero attached hydrogens (tertiary/aromatic N) is 4. The zero-order valence-corrected chi connectivity index (χ0v) is 47.2. The summed E-state index contributed by atoms with van der Waals surface area (Å²) in [5, 5.41) is 2.48. The largest absolute Gasteiger partial charge is 0.509 e. The normalized spacial score (nSPS) is 14.3. The third-order valence-electron chi connectivity index (χ3n) is 15.1. The van der Waals surface area contributed by atoms with E-state index in [1.165, 1.54) is 66.4 Å². The van der Waals surface area contributed by atoms with E-state index in [4.69, 9.17) is 9.72 Å². The molecule has 374 valence electrons. The molecule has 6 heteroatoms. The molecule has 0 saturated heterocycles. The molecule has 1 aliphatic carbocycles. The molecule has 3 heterocycles. The molecule has 0 spiro atoms. The maximum Gasteiger partial charge on any atom is 0.135 e. The van der Waals surface area contributed by atoms with E-state index in [1.54, 1.807) is 0 Å². The predicted molar refractivity (Wildman–Crippen MR) is 302 cm³/mol. The fourth-order valence-corrected chi connectivity index (χ4v) is 10.8. The Morgan fingerprint density at radius 3 is 1.74 bits per heavy atom. The zero-order valence-electron chi connectivity index (χ0n) is 44.9. The quantitative estimate of drug-likeness (QED) is 0.149. The molecular weight excluding hydrogens is 1070 g/mol. The second-order valence-electron chi connectivity index (χ2n) is 24.8. The van der Waals surface area contributed by atoms with Crippen molar-refractivity contribution in [1.29, 1.82) is 0 Å². The Balaban J connectivity index is 0.00000611. The van der Waals surface area contributed by atoms with Crippen LogP contribution in [0.3, 0.4) is 0 Å². The van der Waals surface area contributed by atoms with Crippen LogP contribution in [0.1, 0.15) is 130 Å². The summed E-state index contributed by atoms with van der Waals surface area (Å²) in [6, 6.07) is 58.6. The third kappa shape index (κ3) is 8.70. The molecule has 0 radical (unpaired) electrons. The number of benzene rings is 7. The first kappa shape index (κ1) is 50.1. The Morgan fingerprint density at radius 1 is 0.507 bits per heavy atom. The summed E-state index contributed by atoms with van der Waals surface area (Å²) in [5.41, 5.74) is 18.2. The number of hydrogen-bond acceptors (Lipinski definition) is 4. The molecule has 2 aliphatic rings. The van der Waals surface area contributed by atoms with Gasteiger partial charge in [-0.2, -0.15) is 6.07 Å². The van der Waals surface area contributed by atoms with Gasteiger partial charge in [0.25, 0.3) is 0 Å². The fourth-order valence-electron chi connectivity index (χ4n) is 10.8. The van der Waals surface area contributed by atoms with Crippen LogP contribution < -0.4 is 14.5 Å². The van der Waals surface area contributed by atoms with E-state index in [1.807, 2.05) is 12.3 Å². The number of hydrogen-bond donors (Lipinski definition) is 0. The van der Waals surface area contributed by atoms with Crippen molar-refractivity contribution in [2.24, 2.45) is 0 Å². The van der Waals surface area contributed by atoms with Gasteiger partial charge in [-0.1, -0.05) is 181 Å². The van der Waals surface area contributed by atoms with E-state index in [0.717, 1.165) is 39.6 Å². The predicted octanol–water partition coefficient (Wildman–Crippen LogP) is 18.1. The van der Waals surface area contributed by atoms with E-state index in [9.17, 15) is 0 Å². The van der Waals surface area contributed by atoms with Crippen LogP contribution in [0.15, 0.2) is 146 Å². The Hall–Kier alpha value is -6.42. The monoisotopic (exact) mass is 1140 g/mol. The molecule has 0 atom stereocenters. The van der Waals surface area contributed by atoms with E-state index in [0.29, 0.717) is 11.5 Å². The second-order valence-corrected chi connectivity index (χ2v) is 24.8. The van der Waals surface area contributed by atoms with E-state index in [-0.39, 0.29) is 48.1 Å². The smallest absolute Gasteiger partial charge is 0.135 e. The molecule has 0 fully saturated rings. The zero-order chi connectivity index (χ0) is 50.9. The Kier molecular flexibility index (Phi) is 12.1. The summed E-state index contributed by atoms with van der Waals surface area (Å²) >= 11 is 0. The number of pyridine rings is 1. The number of anilines is 4. The first-order valence-electron chi connectivity index (χ1n) is 25.6. The van der Waals surface area contributed by atoms with E-state index in [2.05, 4.69) is 264 Å². The van der Waals surface area contributed by atoms with Crippen molar-refractivity contribution in [3.05, 3.63) is 198 Å². The Morgan fingerprint density at radius 2 is 1.10 bits per heavy atom. The van der Waals surface area contributed by atoms with Crippen LogP contribution in [0.25, 0.3) is 49.9 Å². The molecule has 7 aromatic carbocycles. The maximum absolute atomic E-state index is 6.95. The molecule has 2 aromatic heterocycles. The van der Waals surface area contributed by atoms with Crippen LogP contribution in [0.5, 0.6) is 11.5 Å². The van der Waals surface area contributed by atoms with E-state index < -0.39 is 0 Å². The standard InChI is InChI=1S/C67H67N4O.Pt/c1-63(2,3)44-30-31-68-59(37-44)71-57-29-21-26-53-60(57)61-54(67(53,13)14)39-50(40-58(61)71)72-49-25-20-24-48(38-49)69-41-70(56-28-19-18-27-55(56)69)62-51(42-22-16-15-17-23-42)35-47(66(10,11)12)36-52(62)43-32-45(64(4,5)6)34-46(33-43)65(7,8)9;/h15-37,39,41H,1-14H3;/q-3;. The van der Waals surface area contributed by atoms with Crippen molar-refractivity contribution < 1.29 is 25.8 Å². The Bertz CT molecular complexity index is 3580. The molecule has 11 rings (SSSR count). The van der Waals surface area contributed by atoms with Crippen LogP contribution in [-0.2, 0) is 48.1 Å². The fraction of sp³-hybridized carbons (Fsp3) is 0.284. The van der Waals surface area contributed by atoms with Crippen LogP contribution in [0, 0.1) is 18.8 Å². The topological polar surface area (TPSA) is 33.5 Å². The van der Waals surface area contributed by atoms with Gasteiger partial charge in [0.1, 0.15) is 5.82 Å². The van der Waals surface area contributed by atoms with Gasteiger partial charge in [0.05, 0.1) is 0 Å². The minimum Gasteiger partial charge on any atom is -0.509 e. The number of fused-ring (bicyclic) bond motifs is 1. The third-order valence-corrected chi connectivity index (χ3v) is 15.1. The summed E-state index contributed by atoms with van der Waals surface area (Å²) in [7, 11) is 0. The Labute approximate surface area is 448 Å². The van der Waals surface area contributed by atoms with Gasteiger partial charge >= 0.3 is 0 Å². The van der Waals surface area contributed by atoms with E-state index >= 15 is 0 Å². The van der Waals surface area contributed by atoms with Gasteiger partial charge in [-0.15, -0.1) is 48.3 Å². The molecule has 5 nitrogen and oxygen atoms in total. The maximum atomic E-state index is 6.95. The van der Waals surface area contributed by atoms with Crippen molar-refractivity contribution in [2.45, 2.75) is 124 Å². The molecule has 0 N–H and O–H groups in total. The van der Waals surface area contributed by atoms with Gasteiger partial charge < -0.3 is 19.1 Å². The second kappa shape index (κ2) is 17.6. The molecule has 1 aliphatic heterocycles. The average Bonchev–Trinajstić information content (AvgIpc) is 3.96. The van der Waals surface area contributed by atoms with Crippen LogP contribution in [0.2, 0.25) is 0 Å². The van der Waals surface area contributed by atoms with Gasteiger partial charge in [-0.25, -0.2) is 4.98 Å². The van der Waals surface area contributed by atoms with Crippen LogP contribution >= 0.6 is 0 Å². The molecule has 0 amide bonds. The van der Waals surface area contributed by atoms with Gasteiger partial charge in [0, 0.05) is 72.5 Å². The van der Waals surface area contributed by atoms with Crippen molar-refractivity contribution in [3.63, 3.8) is 0 Å².